The number of fused-ring (bicyclic) bond motifs is 1. The van der Waals surface area contributed by atoms with Crippen molar-refractivity contribution in [2.75, 3.05) is 19.6 Å². The standard InChI is InChI=1S/C17H25N3O3S/c1-17(15(21)22)8-10-20(11-17)16(23)18-9-4-7-14-19-12-5-2-3-6-13(12)24-14/h2-11H2,1H3,(H,18,23)(H,21,22). The molecule has 7 heteroatoms. The fraction of sp³-hybridized carbons (Fsp3) is 0.706. The third-order valence-electron chi connectivity index (χ3n) is 5.01. The van der Waals surface area contributed by atoms with Gasteiger partial charge >= 0.3 is 12.0 Å². The van der Waals surface area contributed by atoms with E-state index in [0.717, 1.165) is 19.3 Å². The molecule has 2 N–H and O–H groups in total. The summed E-state index contributed by atoms with van der Waals surface area (Å²) in [6.45, 7) is 3.09. The second-order valence-corrected chi connectivity index (χ2v) is 8.23. The third kappa shape index (κ3) is 3.71. The van der Waals surface area contributed by atoms with Gasteiger partial charge in [0.1, 0.15) is 0 Å². The predicted octanol–water partition coefficient (Wildman–Crippen LogP) is 2.46. The molecule has 0 radical (unpaired) electrons. The monoisotopic (exact) mass is 351 g/mol. The normalized spacial score (nSPS) is 23.1. The first-order valence-electron chi connectivity index (χ1n) is 8.71. The lowest BCUT2D eigenvalue weighted by molar-refractivity contribution is -0.146. The van der Waals surface area contributed by atoms with E-state index in [1.54, 1.807) is 11.8 Å². The van der Waals surface area contributed by atoms with Crippen LogP contribution in [0.25, 0.3) is 0 Å². The minimum absolute atomic E-state index is 0.154. The van der Waals surface area contributed by atoms with Crippen molar-refractivity contribution < 1.29 is 14.7 Å². The second kappa shape index (κ2) is 7.09. The van der Waals surface area contributed by atoms with Gasteiger partial charge in [0, 0.05) is 30.9 Å². The number of likely N-dealkylation sites (tertiary alicyclic amines) is 1. The van der Waals surface area contributed by atoms with E-state index in [4.69, 9.17) is 4.98 Å². The van der Waals surface area contributed by atoms with Crippen LogP contribution in [-0.4, -0.2) is 46.6 Å². The largest absolute Gasteiger partial charge is 0.481 e. The minimum atomic E-state index is -0.828. The molecular formula is C17H25N3O3S. The number of thiazole rings is 1. The van der Waals surface area contributed by atoms with E-state index in [1.807, 2.05) is 11.3 Å². The van der Waals surface area contributed by atoms with Gasteiger partial charge in [0.15, 0.2) is 0 Å². The van der Waals surface area contributed by atoms with Crippen LogP contribution in [0.2, 0.25) is 0 Å². The van der Waals surface area contributed by atoms with Gasteiger partial charge in [-0.25, -0.2) is 9.78 Å². The van der Waals surface area contributed by atoms with Crippen LogP contribution in [0, 0.1) is 5.41 Å². The zero-order valence-electron chi connectivity index (χ0n) is 14.1. The van der Waals surface area contributed by atoms with Crippen LogP contribution in [0.15, 0.2) is 0 Å². The smallest absolute Gasteiger partial charge is 0.317 e. The van der Waals surface area contributed by atoms with E-state index in [1.165, 1.54) is 34.8 Å². The minimum Gasteiger partial charge on any atom is -0.481 e. The summed E-state index contributed by atoms with van der Waals surface area (Å²) in [6.07, 6.45) is 7.07. The number of carboxylic acid groups (broad SMARTS) is 1. The maximum atomic E-state index is 12.1. The predicted molar refractivity (Wildman–Crippen MR) is 92.4 cm³/mol. The molecule has 132 valence electrons. The number of carbonyl (C=O) groups excluding carboxylic acids is 1. The van der Waals surface area contributed by atoms with Crippen LogP contribution < -0.4 is 5.32 Å². The van der Waals surface area contributed by atoms with Crippen molar-refractivity contribution in [1.82, 2.24) is 15.2 Å². The first-order valence-corrected chi connectivity index (χ1v) is 9.53. The number of aliphatic carboxylic acids is 1. The molecule has 0 aromatic carbocycles. The van der Waals surface area contributed by atoms with Crippen molar-refractivity contribution in [3.63, 3.8) is 0 Å². The van der Waals surface area contributed by atoms with Crippen molar-refractivity contribution in [3.8, 4) is 0 Å². The highest BCUT2D eigenvalue weighted by molar-refractivity contribution is 7.11. The molecule has 0 saturated carbocycles. The molecule has 1 aliphatic carbocycles. The molecule has 1 aliphatic heterocycles. The van der Waals surface area contributed by atoms with Crippen LogP contribution in [0.1, 0.15) is 48.2 Å². The Bertz CT molecular complexity index is 607. The number of nitrogens with one attached hydrogen (secondary N) is 1. The number of carboxylic acids is 1. The molecule has 2 amide bonds. The number of rotatable bonds is 5. The number of aryl methyl sites for hydroxylation is 3. The number of hydrogen-bond donors (Lipinski definition) is 2. The third-order valence-corrected chi connectivity index (χ3v) is 6.23. The summed E-state index contributed by atoms with van der Waals surface area (Å²) in [7, 11) is 0. The van der Waals surface area contributed by atoms with Crippen LogP contribution in [0.5, 0.6) is 0 Å². The Kier molecular flexibility index (Phi) is 5.08. The molecule has 2 heterocycles. The highest BCUT2D eigenvalue weighted by Crippen LogP contribution is 2.30. The number of hydrogen-bond acceptors (Lipinski definition) is 4. The van der Waals surface area contributed by atoms with E-state index >= 15 is 0 Å². The van der Waals surface area contributed by atoms with Crippen LogP contribution in [-0.2, 0) is 24.1 Å². The van der Waals surface area contributed by atoms with Gasteiger partial charge in [-0.05, 0) is 45.4 Å². The molecule has 2 aliphatic rings. The van der Waals surface area contributed by atoms with E-state index < -0.39 is 11.4 Å². The molecular weight excluding hydrogens is 326 g/mol. The van der Waals surface area contributed by atoms with E-state index in [9.17, 15) is 14.7 Å². The highest BCUT2D eigenvalue weighted by Gasteiger charge is 2.42. The van der Waals surface area contributed by atoms with E-state index in [2.05, 4.69) is 5.32 Å². The van der Waals surface area contributed by atoms with Gasteiger partial charge in [0.25, 0.3) is 0 Å². The molecule has 1 aromatic rings. The Labute approximate surface area is 146 Å². The summed E-state index contributed by atoms with van der Waals surface area (Å²) in [6, 6.07) is -0.154. The van der Waals surface area contributed by atoms with E-state index in [-0.39, 0.29) is 12.6 Å². The number of nitrogens with zero attached hydrogens (tertiary/aromatic N) is 2. The van der Waals surface area contributed by atoms with Crippen LogP contribution >= 0.6 is 11.3 Å². The van der Waals surface area contributed by atoms with Crippen molar-refractivity contribution in [1.29, 1.82) is 0 Å². The number of urea groups is 1. The summed E-state index contributed by atoms with van der Waals surface area (Å²) in [5.41, 5.74) is 0.479. The molecule has 1 atom stereocenters. The zero-order valence-corrected chi connectivity index (χ0v) is 15.0. The zero-order chi connectivity index (χ0) is 17.2. The van der Waals surface area contributed by atoms with Crippen LogP contribution in [0.3, 0.4) is 0 Å². The van der Waals surface area contributed by atoms with Gasteiger partial charge in [-0.15, -0.1) is 11.3 Å². The molecule has 1 fully saturated rings. The van der Waals surface area contributed by atoms with Gasteiger partial charge < -0.3 is 15.3 Å². The average Bonchev–Trinajstić information content (AvgIpc) is 3.15. The first kappa shape index (κ1) is 17.2. The SMILES string of the molecule is CC1(C(=O)O)CCN(C(=O)NCCCc2nc3c(s2)CCCC3)C1. The fourth-order valence-corrected chi connectivity index (χ4v) is 4.57. The second-order valence-electron chi connectivity index (χ2n) is 7.06. The molecule has 1 saturated heterocycles. The molecule has 24 heavy (non-hydrogen) atoms. The van der Waals surface area contributed by atoms with Gasteiger partial charge in [-0.1, -0.05) is 0 Å². The van der Waals surface area contributed by atoms with Crippen molar-refractivity contribution in [2.24, 2.45) is 5.41 Å². The maximum Gasteiger partial charge on any atom is 0.317 e. The first-order chi connectivity index (χ1) is 11.5. The Hall–Kier alpha value is -1.63. The van der Waals surface area contributed by atoms with E-state index in [0.29, 0.717) is 19.5 Å². The summed E-state index contributed by atoms with van der Waals surface area (Å²) in [4.78, 5) is 31.1. The molecule has 6 nitrogen and oxygen atoms in total. The van der Waals surface area contributed by atoms with Gasteiger partial charge in [0.05, 0.1) is 16.1 Å². The van der Waals surface area contributed by atoms with Crippen molar-refractivity contribution >= 4 is 23.3 Å². The quantitative estimate of drug-likeness (QED) is 0.798. The lowest BCUT2D eigenvalue weighted by Gasteiger charge is -2.20. The Morgan fingerprint density at radius 3 is 2.88 bits per heavy atom. The fourth-order valence-electron chi connectivity index (χ4n) is 3.37. The molecule has 1 unspecified atom stereocenters. The highest BCUT2D eigenvalue weighted by atomic mass is 32.1. The Balaban J connectivity index is 1.40. The lowest BCUT2D eigenvalue weighted by Crippen LogP contribution is -2.41. The number of amides is 2. The average molecular weight is 351 g/mol. The summed E-state index contributed by atoms with van der Waals surface area (Å²) in [5.74, 6) is -0.828. The summed E-state index contributed by atoms with van der Waals surface area (Å²) < 4.78 is 0. The summed E-state index contributed by atoms with van der Waals surface area (Å²) >= 11 is 1.82. The van der Waals surface area contributed by atoms with Crippen LogP contribution in [0.4, 0.5) is 4.79 Å². The molecule has 0 spiro atoms. The molecule has 0 bridgehead atoms. The topological polar surface area (TPSA) is 82.5 Å². The van der Waals surface area contributed by atoms with Gasteiger partial charge in [-0.2, -0.15) is 0 Å². The Morgan fingerprint density at radius 1 is 1.38 bits per heavy atom. The summed E-state index contributed by atoms with van der Waals surface area (Å²) in [5, 5.41) is 13.3. The lowest BCUT2D eigenvalue weighted by atomic mass is 9.90. The number of carbonyl (C=O) groups is 2. The van der Waals surface area contributed by atoms with Gasteiger partial charge in [0.2, 0.25) is 0 Å². The molecule has 1 aromatic heterocycles. The maximum absolute atomic E-state index is 12.1. The molecule has 3 rings (SSSR count). The number of aromatic nitrogens is 1. The Morgan fingerprint density at radius 2 is 2.17 bits per heavy atom. The van der Waals surface area contributed by atoms with Crippen molar-refractivity contribution in [2.45, 2.75) is 51.9 Å². The van der Waals surface area contributed by atoms with Crippen molar-refractivity contribution in [3.05, 3.63) is 15.6 Å². The van der Waals surface area contributed by atoms with Gasteiger partial charge in [-0.3, -0.25) is 4.79 Å².